The number of carbonyl (C=O) groups is 1. The molecule has 1 rings (SSSR count). The molecule has 0 aliphatic carbocycles. The van der Waals surface area contributed by atoms with Gasteiger partial charge in [0.05, 0.1) is 12.8 Å². The molecule has 0 aromatic heterocycles. The van der Waals surface area contributed by atoms with Gasteiger partial charge in [-0.15, -0.1) is 0 Å². The third kappa shape index (κ3) is 2.41. The van der Waals surface area contributed by atoms with E-state index in [1.165, 1.54) is 11.8 Å². The molecule has 0 saturated carbocycles. The lowest BCUT2D eigenvalue weighted by atomic mass is 10.1. The molecular weight excluding hydrogens is 216 g/mol. The summed E-state index contributed by atoms with van der Waals surface area (Å²) < 4.78 is 5.24. The molecule has 0 fully saturated rings. The van der Waals surface area contributed by atoms with Gasteiger partial charge in [-0.1, -0.05) is 12.6 Å². The number of methoxy groups -OCH3 is 1. The van der Waals surface area contributed by atoms with Crippen LogP contribution in [-0.4, -0.2) is 13.0 Å². The van der Waals surface area contributed by atoms with Gasteiger partial charge >= 0.3 is 0 Å². The number of amides is 1. The summed E-state index contributed by atoms with van der Waals surface area (Å²) in [5, 5.41) is 0. The first-order valence-corrected chi connectivity index (χ1v) is 5.29. The van der Waals surface area contributed by atoms with Crippen molar-refractivity contribution >= 4 is 11.6 Å². The number of carbonyl (C=O) groups excluding carboxylic acids is 1. The van der Waals surface area contributed by atoms with Gasteiger partial charge in [-0.3, -0.25) is 9.69 Å². The maximum atomic E-state index is 11.6. The summed E-state index contributed by atoms with van der Waals surface area (Å²) in [5.41, 5.74) is 8.23. The first kappa shape index (κ1) is 13.1. The number of hydrogen-bond acceptors (Lipinski definition) is 3. The van der Waals surface area contributed by atoms with Gasteiger partial charge in [0, 0.05) is 12.5 Å². The van der Waals surface area contributed by atoms with Crippen molar-refractivity contribution < 1.29 is 9.53 Å². The Balaban J connectivity index is 3.47. The molecule has 0 radical (unpaired) electrons. The second-order valence-electron chi connectivity index (χ2n) is 3.90. The number of benzene rings is 1. The van der Waals surface area contributed by atoms with Crippen molar-refractivity contribution in [3.63, 3.8) is 0 Å². The number of hydrogen-bond donors (Lipinski definition) is 1. The molecule has 1 amide bonds. The Labute approximate surface area is 102 Å². The SMILES string of the molecule is C=C(N)N(C(C)=O)c1c(C)ccc(OC)c1C. The maximum absolute atomic E-state index is 11.6. The Morgan fingerprint density at radius 3 is 2.41 bits per heavy atom. The lowest BCUT2D eigenvalue weighted by Gasteiger charge is -2.25. The summed E-state index contributed by atoms with van der Waals surface area (Å²) in [4.78, 5) is 13.0. The Morgan fingerprint density at radius 1 is 1.41 bits per heavy atom. The molecule has 0 bridgehead atoms. The predicted octanol–water partition coefficient (Wildman–Crippen LogP) is 2.09. The normalized spacial score (nSPS) is 9.88. The molecule has 0 heterocycles. The van der Waals surface area contributed by atoms with Crippen molar-refractivity contribution in [3.8, 4) is 5.75 Å². The van der Waals surface area contributed by atoms with Crippen LogP contribution >= 0.6 is 0 Å². The Bertz CT molecular complexity index is 453. The first-order valence-electron chi connectivity index (χ1n) is 5.29. The molecule has 4 heteroatoms. The fourth-order valence-electron chi connectivity index (χ4n) is 1.89. The maximum Gasteiger partial charge on any atom is 0.229 e. The highest BCUT2D eigenvalue weighted by atomic mass is 16.5. The Morgan fingerprint density at radius 2 is 2.00 bits per heavy atom. The lowest BCUT2D eigenvalue weighted by Crippen LogP contribution is -2.32. The van der Waals surface area contributed by atoms with Crippen LogP contribution in [0.25, 0.3) is 0 Å². The summed E-state index contributed by atoms with van der Waals surface area (Å²) in [6.07, 6.45) is 0. The van der Waals surface area contributed by atoms with Crippen molar-refractivity contribution in [2.45, 2.75) is 20.8 Å². The molecule has 4 nitrogen and oxygen atoms in total. The minimum Gasteiger partial charge on any atom is -0.496 e. The standard InChI is InChI=1S/C13H18N2O2/c1-8-6-7-12(17-5)9(2)13(8)15(10(3)14)11(4)16/h6-7H,3,14H2,1-2,4-5H3. The van der Waals surface area contributed by atoms with E-state index < -0.39 is 0 Å². The van der Waals surface area contributed by atoms with Gasteiger partial charge in [0.1, 0.15) is 11.6 Å². The smallest absolute Gasteiger partial charge is 0.229 e. The van der Waals surface area contributed by atoms with E-state index in [0.29, 0.717) is 0 Å². The van der Waals surface area contributed by atoms with E-state index in [1.807, 2.05) is 26.0 Å². The summed E-state index contributed by atoms with van der Waals surface area (Å²) >= 11 is 0. The molecular formula is C13H18N2O2. The molecule has 0 spiro atoms. The highest BCUT2D eigenvalue weighted by molar-refractivity contribution is 5.96. The van der Waals surface area contributed by atoms with E-state index in [9.17, 15) is 4.79 Å². The van der Waals surface area contributed by atoms with E-state index in [1.54, 1.807) is 7.11 Å². The fourth-order valence-corrected chi connectivity index (χ4v) is 1.89. The van der Waals surface area contributed by atoms with E-state index in [2.05, 4.69) is 6.58 Å². The zero-order valence-electron chi connectivity index (χ0n) is 10.7. The van der Waals surface area contributed by atoms with E-state index in [0.717, 1.165) is 22.6 Å². The third-order valence-electron chi connectivity index (χ3n) is 2.63. The van der Waals surface area contributed by atoms with Crippen LogP contribution in [0.15, 0.2) is 24.5 Å². The van der Waals surface area contributed by atoms with Gasteiger partial charge < -0.3 is 10.5 Å². The second-order valence-corrected chi connectivity index (χ2v) is 3.90. The number of aryl methyl sites for hydroxylation is 1. The highest BCUT2D eigenvalue weighted by Gasteiger charge is 2.19. The number of anilines is 1. The Kier molecular flexibility index (Phi) is 3.78. The molecule has 2 N–H and O–H groups in total. The largest absolute Gasteiger partial charge is 0.496 e. The van der Waals surface area contributed by atoms with Gasteiger partial charge in [0.15, 0.2) is 0 Å². The van der Waals surface area contributed by atoms with E-state index in [4.69, 9.17) is 10.5 Å². The average molecular weight is 234 g/mol. The highest BCUT2D eigenvalue weighted by Crippen LogP contribution is 2.33. The monoisotopic (exact) mass is 234 g/mol. The average Bonchev–Trinajstić information content (AvgIpc) is 2.23. The van der Waals surface area contributed by atoms with Gasteiger partial charge in [0.25, 0.3) is 0 Å². The van der Waals surface area contributed by atoms with Gasteiger partial charge in [-0.2, -0.15) is 0 Å². The first-order chi connectivity index (χ1) is 7.90. The number of rotatable bonds is 3. The summed E-state index contributed by atoms with van der Waals surface area (Å²) in [5.74, 6) is 0.756. The summed E-state index contributed by atoms with van der Waals surface area (Å²) in [6.45, 7) is 8.89. The van der Waals surface area contributed by atoms with E-state index in [-0.39, 0.29) is 11.7 Å². The number of nitrogens with zero attached hydrogens (tertiary/aromatic N) is 1. The van der Waals surface area contributed by atoms with Crippen molar-refractivity contribution in [1.29, 1.82) is 0 Å². The minimum absolute atomic E-state index is 0.169. The second kappa shape index (κ2) is 4.91. The van der Waals surface area contributed by atoms with Gasteiger partial charge in [-0.05, 0) is 25.5 Å². The van der Waals surface area contributed by atoms with Crippen LogP contribution in [0.1, 0.15) is 18.1 Å². The van der Waals surface area contributed by atoms with E-state index >= 15 is 0 Å². The van der Waals surface area contributed by atoms with Crippen LogP contribution in [0.2, 0.25) is 0 Å². The zero-order valence-corrected chi connectivity index (χ0v) is 10.7. The van der Waals surface area contributed by atoms with Crippen molar-refractivity contribution in [2.75, 3.05) is 12.0 Å². The third-order valence-corrected chi connectivity index (χ3v) is 2.63. The van der Waals surface area contributed by atoms with Gasteiger partial charge in [-0.25, -0.2) is 0 Å². The van der Waals surface area contributed by atoms with Gasteiger partial charge in [0.2, 0.25) is 5.91 Å². The van der Waals surface area contributed by atoms with Crippen LogP contribution in [0.3, 0.4) is 0 Å². The summed E-state index contributed by atoms with van der Waals surface area (Å²) in [7, 11) is 1.59. The molecule has 0 aliphatic heterocycles. The van der Waals surface area contributed by atoms with Crippen LogP contribution in [0, 0.1) is 13.8 Å². The molecule has 92 valence electrons. The lowest BCUT2D eigenvalue weighted by molar-refractivity contribution is -0.116. The molecule has 17 heavy (non-hydrogen) atoms. The predicted molar refractivity (Wildman–Crippen MR) is 69.0 cm³/mol. The molecule has 0 aliphatic rings. The van der Waals surface area contributed by atoms with Crippen LogP contribution < -0.4 is 15.4 Å². The molecule has 0 atom stereocenters. The van der Waals surface area contributed by atoms with Crippen LogP contribution in [-0.2, 0) is 4.79 Å². The zero-order chi connectivity index (χ0) is 13.2. The molecule has 0 saturated heterocycles. The molecule has 0 unspecified atom stereocenters. The number of nitrogens with two attached hydrogens (primary N) is 1. The molecule has 1 aromatic rings. The minimum atomic E-state index is -0.169. The Hall–Kier alpha value is -1.97. The van der Waals surface area contributed by atoms with Crippen LogP contribution in [0.5, 0.6) is 5.75 Å². The fraction of sp³-hybridized carbons (Fsp3) is 0.308. The topological polar surface area (TPSA) is 55.6 Å². The van der Waals surface area contributed by atoms with Crippen LogP contribution in [0.4, 0.5) is 5.69 Å². The van der Waals surface area contributed by atoms with Crippen molar-refractivity contribution in [1.82, 2.24) is 0 Å². The number of ether oxygens (including phenoxy) is 1. The molecule has 1 aromatic carbocycles. The van der Waals surface area contributed by atoms with Crippen molar-refractivity contribution in [2.24, 2.45) is 5.73 Å². The summed E-state index contributed by atoms with van der Waals surface area (Å²) in [6, 6.07) is 3.76. The van der Waals surface area contributed by atoms with Crippen molar-refractivity contribution in [3.05, 3.63) is 35.7 Å². The quantitative estimate of drug-likeness (QED) is 0.871.